The summed E-state index contributed by atoms with van der Waals surface area (Å²) >= 11 is 4.98. The standard InChI is InChI=1S/C8H8ClNO3/c1-2-4-7(10(12)13)5-3-6-8(9)11/h2-6H,1H3/b4-2-,6-3+,7-5+. The van der Waals surface area contributed by atoms with Crippen LogP contribution in [-0.4, -0.2) is 10.2 Å². The Bertz CT molecular complexity index is 292. The van der Waals surface area contributed by atoms with Crippen molar-refractivity contribution in [1.29, 1.82) is 0 Å². The van der Waals surface area contributed by atoms with E-state index in [4.69, 9.17) is 11.6 Å². The van der Waals surface area contributed by atoms with Gasteiger partial charge in [-0.05, 0) is 24.6 Å². The topological polar surface area (TPSA) is 60.2 Å². The maximum atomic E-state index is 10.3. The summed E-state index contributed by atoms with van der Waals surface area (Å²) < 4.78 is 0. The van der Waals surface area contributed by atoms with Gasteiger partial charge in [-0.3, -0.25) is 14.9 Å². The van der Waals surface area contributed by atoms with Gasteiger partial charge in [-0.1, -0.05) is 12.2 Å². The van der Waals surface area contributed by atoms with Crippen LogP contribution in [0.5, 0.6) is 0 Å². The molecule has 0 amide bonds. The fraction of sp³-hybridized carbons (Fsp3) is 0.125. The Balaban J connectivity index is 4.55. The third kappa shape index (κ3) is 5.81. The van der Waals surface area contributed by atoms with Crippen molar-refractivity contribution in [3.05, 3.63) is 46.2 Å². The Kier molecular flexibility index (Phi) is 5.47. The number of nitrogens with zero attached hydrogens (tertiary/aromatic N) is 1. The van der Waals surface area contributed by atoms with Crippen LogP contribution in [0.15, 0.2) is 36.1 Å². The van der Waals surface area contributed by atoms with Crippen molar-refractivity contribution in [2.24, 2.45) is 0 Å². The normalized spacial score (nSPS) is 12.6. The van der Waals surface area contributed by atoms with Crippen molar-refractivity contribution in [3.8, 4) is 0 Å². The van der Waals surface area contributed by atoms with E-state index in [0.717, 1.165) is 6.08 Å². The number of nitro groups is 1. The minimum atomic E-state index is -0.667. The van der Waals surface area contributed by atoms with Gasteiger partial charge in [0.05, 0.1) is 4.92 Å². The molecule has 13 heavy (non-hydrogen) atoms. The molecule has 0 aliphatic rings. The highest BCUT2D eigenvalue weighted by Gasteiger charge is 2.01. The lowest BCUT2D eigenvalue weighted by Crippen LogP contribution is -1.94. The summed E-state index contributed by atoms with van der Waals surface area (Å²) in [5, 5.41) is 9.63. The van der Waals surface area contributed by atoms with Gasteiger partial charge >= 0.3 is 0 Å². The van der Waals surface area contributed by atoms with E-state index in [1.807, 2.05) is 0 Å². The van der Waals surface area contributed by atoms with Crippen LogP contribution in [0.1, 0.15) is 6.92 Å². The molecule has 0 aliphatic carbocycles. The quantitative estimate of drug-likeness (QED) is 0.230. The lowest BCUT2D eigenvalue weighted by Gasteiger charge is -1.86. The molecule has 70 valence electrons. The second kappa shape index (κ2) is 6.14. The molecule has 0 spiro atoms. The molecule has 0 saturated carbocycles. The van der Waals surface area contributed by atoms with Crippen molar-refractivity contribution in [1.82, 2.24) is 0 Å². The summed E-state index contributed by atoms with van der Waals surface area (Å²) in [7, 11) is 0. The zero-order valence-corrected chi connectivity index (χ0v) is 7.69. The van der Waals surface area contributed by atoms with Crippen molar-refractivity contribution in [2.75, 3.05) is 0 Å². The second-order valence-electron chi connectivity index (χ2n) is 2.01. The van der Waals surface area contributed by atoms with Crippen molar-refractivity contribution < 1.29 is 9.72 Å². The Morgan fingerprint density at radius 3 is 2.46 bits per heavy atom. The average Bonchev–Trinajstić information content (AvgIpc) is 2.02. The Labute approximate surface area is 80.3 Å². The second-order valence-corrected chi connectivity index (χ2v) is 2.38. The SMILES string of the molecule is C\C=C/C(=C\C=C\C(=O)Cl)[N+](=O)[O-]. The molecule has 0 heterocycles. The predicted octanol–water partition coefficient (Wildman–Crippen LogP) is 2.04. The first-order valence-electron chi connectivity index (χ1n) is 3.43. The lowest BCUT2D eigenvalue weighted by molar-refractivity contribution is -0.419. The molecule has 0 radical (unpaired) electrons. The molecule has 0 aromatic carbocycles. The third-order valence-electron chi connectivity index (χ3n) is 1.04. The van der Waals surface area contributed by atoms with E-state index in [1.54, 1.807) is 6.92 Å². The molecule has 0 bridgehead atoms. The molecule has 4 nitrogen and oxygen atoms in total. The third-order valence-corrected chi connectivity index (χ3v) is 1.17. The van der Waals surface area contributed by atoms with Gasteiger partial charge in [0.15, 0.2) is 0 Å². The van der Waals surface area contributed by atoms with Gasteiger partial charge in [0.2, 0.25) is 5.24 Å². The lowest BCUT2D eigenvalue weighted by atomic mass is 10.3. The number of allylic oxidation sites excluding steroid dienone is 5. The van der Waals surface area contributed by atoms with Crippen LogP contribution in [0.25, 0.3) is 0 Å². The highest BCUT2D eigenvalue weighted by molar-refractivity contribution is 6.66. The number of hydrogen-bond acceptors (Lipinski definition) is 3. The first-order valence-corrected chi connectivity index (χ1v) is 3.80. The Hall–Kier alpha value is -1.42. The van der Waals surface area contributed by atoms with E-state index in [2.05, 4.69) is 0 Å². The average molecular weight is 202 g/mol. The summed E-state index contributed by atoms with van der Waals surface area (Å²) in [4.78, 5) is 20.0. The number of carbonyl (C=O) groups is 1. The zero-order chi connectivity index (χ0) is 10.3. The molecule has 0 aromatic heterocycles. The zero-order valence-electron chi connectivity index (χ0n) is 6.94. The smallest absolute Gasteiger partial charge is 0.269 e. The van der Waals surface area contributed by atoms with E-state index >= 15 is 0 Å². The summed E-state index contributed by atoms with van der Waals surface area (Å²) in [6.07, 6.45) is 6.32. The van der Waals surface area contributed by atoms with E-state index < -0.39 is 10.2 Å². The summed E-state index contributed by atoms with van der Waals surface area (Å²) in [5.41, 5.74) is -0.100. The molecule has 0 rings (SSSR count). The van der Waals surface area contributed by atoms with Gasteiger partial charge in [0.1, 0.15) is 0 Å². The van der Waals surface area contributed by atoms with Crippen LogP contribution < -0.4 is 0 Å². The maximum Gasteiger partial charge on any atom is 0.269 e. The Morgan fingerprint density at radius 1 is 1.46 bits per heavy atom. The van der Waals surface area contributed by atoms with Crippen LogP contribution in [0.3, 0.4) is 0 Å². The van der Waals surface area contributed by atoms with Crippen LogP contribution in [-0.2, 0) is 4.79 Å². The van der Waals surface area contributed by atoms with Crippen LogP contribution in [0.4, 0.5) is 0 Å². The van der Waals surface area contributed by atoms with E-state index in [-0.39, 0.29) is 5.70 Å². The number of rotatable bonds is 4. The highest BCUT2D eigenvalue weighted by Crippen LogP contribution is 1.98. The minimum absolute atomic E-state index is 0.100. The van der Waals surface area contributed by atoms with E-state index in [9.17, 15) is 14.9 Å². The number of halogens is 1. The Morgan fingerprint density at radius 2 is 2.08 bits per heavy atom. The van der Waals surface area contributed by atoms with Crippen molar-refractivity contribution >= 4 is 16.8 Å². The molecule has 0 atom stereocenters. The molecule has 0 aliphatic heterocycles. The van der Waals surface area contributed by atoms with Crippen molar-refractivity contribution in [3.63, 3.8) is 0 Å². The largest absolute Gasteiger partial charge is 0.276 e. The fourth-order valence-electron chi connectivity index (χ4n) is 0.570. The van der Waals surface area contributed by atoms with Gasteiger partial charge in [-0.15, -0.1) is 0 Å². The maximum absolute atomic E-state index is 10.3. The molecule has 0 fully saturated rings. The van der Waals surface area contributed by atoms with Crippen LogP contribution >= 0.6 is 11.6 Å². The van der Waals surface area contributed by atoms with Gasteiger partial charge in [0.25, 0.3) is 5.70 Å². The monoisotopic (exact) mass is 201 g/mol. The van der Waals surface area contributed by atoms with Gasteiger partial charge < -0.3 is 0 Å². The minimum Gasteiger partial charge on any atom is -0.276 e. The van der Waals surface area contributed by atoms with E-state index in [0.29, 0.717) is 0 Å². The van der Waals surface area contributed by atoms with Gasteiger partial charge in [-0.25, -0.2) is 0 Å². The van der Waals surface area contributed by atoms with Crippen LogP contribution in [0, 0.1) is 10.1 Å². The predicted molar refractivity (Wildman–Crippen MR) is 49.9 cm³/mol. The summed E-state index contributed by atoms with van der Waals surface area (Å²) in [5.74, 6) is 0. The van der Waals surface area contributed by atoms with Gasteiger partial charge in [0, 0.05) is 12.2 Å². The molecular weight excluding hydrogens is 194 g/mol. The molecule has 0 aromatic rings. The van der Waals surface area contributed by atoms with Crippen LogP contribution in [0.2, 0.25) is 0 Å². The van der Waals surface area contributed by atoms with Gasteiger partial charge in [-0.2, -0.15) is 0 Å². The molecular formula is C8H8ClNO3. The first-order chi connectivity index (χ1) is 6.07. The highest BCUT2D eigenvalue weighted by atomic mass is 35.5. The number of carbonyl (C=O) groups excluding carboxylic acids is 1. The molecule has 0 saturated heterocycles. The van der Waals surface area contributed by atoms with E-state index in [1.165, 1.54) is 24.3 Å². The fourth-order valence-corrected chi connectivity index (χ4v) is 0.643. The van der Waals surface area contributed by atoms with Crippen molar-refractivity contribution in [2.45, 2.75) is 6.92 Å². The number of hydrogen-bond donors (Lipinski definition) is 0. The summed E-state index contributed by atoms with van der Waals surface area (Å²) in [6.45, 7) is 1.66. The summed E-state index contributed by atoms with van der Waals surface area (Å²) in [6, 6.07) is 0. The molecule has 5 heteroatoms. The molecule has 0 unspecified atom stereocenters. The molecule has 0 N–H and O–H groups in total. The first kappa shape index (κ1) is 11.6.